The Kier molecular flexibility index (Phi) is 4.89. The van der Waals surface area contributed by atoms with Crippen LogP contribution in [0.2, 0.25) is 0 Å². The van der Waals surface area contributed by atoms with Gasteiger partial charge >= 0.3 is 12.1 Å². The van der Waals surface area contributed by atoms with Crippen molar-refractivity contribution in [2.75, 3.05) is 11.9 Å². The van der Waals surface area contributed by atoms with E-state index in [4.69, 9.17) is 9.84 Å². The molecule has 0 atom stereocenters. The molecule has 17 heavy (non-hydrogen) atoms. The molecule has 0 aliphatic carbocycles. The molecule has 1 aromatic rings. The molecule has 1 amide bonds. The van der Waals surface area contributed by atoms with E-state index in [2.05, 4.69) is 10.3 Å². The minimum absolute atomic E-state index is 0.154. The number of nitrogens with zero attached hydrogens (tertiary/aromatic N) is 1. The number of aromatic nitrogens is 1. The van der Waals surface area contributed by atoms with E-state index in [0.717, 1.165) is 0 Å². The first-order chi connectivity index (χ1) is 7.97. The molecule has 7 heteroatoms. The first-order valence-electron chi connectivity index (χ1n) is 5.07. The van der Waals surface area contributed by atoms with Gasteiger partial charge in [0.05, 0.1) is 18.7 Å². The number of hydrogen-bond acceptors (Lipinski definition) is 5. The third-order valence-corrected chi connectivity index (χ3v) is 2.45. The van der Waals surface area contributed by atoms with Crippen molar-refractivity contribution in [2.45, 2.75) is 20.3 Å². The lowest BCUT2D eigenvalue weighted by Crippen LogP contribution is -2.16. The van der Waals surface area contributed by atoms with Crippen LogP contribution < -0.4 is 5.32 Å². The molecule has 0 unspecified atom stereocenters. The summed E-state index contributed by atoms with van der Waals surface area (Å²) >= 11 is 1.17. The van der Waals surface area contributed by atoms with Crippen molar-refractivity contribution >= 4 is 28.5 Å². The minimum Gasteiger partial charge on any atom is -0.481 e. The van der Waals surface area contributed by atoms with Crippen LogP contribution in [0, 0.1) is 5.92 Å². The molecule has 1 aromatic heterocycles. The van der Waals surface area contributed by atoms with Crippen LogP contribution >= 0.6 is 11.3 Å². The molecule has 0 saturated heterocycles. The van der Waals surface area contributed by atoms with Gasteiger partial charge in [-0.2, -0.15) is 0 Å². The maximum atomic E-state index is 11.3. The predicted octanol–water partition coefficient (Wildman–Crippen LogP) is 1.97. The van der Waals surface area contributed by atoms with Gasteiger partial charge in [-0.05, 0) is 5.92 Å². The molecule has 6 nitrogen and oxygen atoms in total. The number of carbonyl (C=O) groups excluding carboxylic acids is 1. The topological polar surface area (TPSA) is 88.5 Å². The zero-order valence-corrected chi connectivity index (χ0v) is 10.4. The lowest BCUT2D eigenvalue weighted by atomic mass is 10.2. The van der Waals surface area contributed by atoms with Gasteiger partial charge in [-0.25, -0.2) is 9.78 Å². The van der Waals surface area contributed by atoms with E-state index >= 15 is 0 Å². The van der Waals surface area contributed by atoms with Crippen molar-refractivity contribution < 1.29 is 19.4 Å². The third kappa shape index (κ3) is 5.30. The Bertz CT molecular complexity index is 403. The van der Waals surface area contributed by atoms with E-state index in [1.54, 1.807) is 5.38 Å². The summed E-state index contributed by atoms with van der Waals surface area (Å²) in [4.78, 5) is 25.6. The molecule has 1 heterocycles. The molecular formula is C10H14N2O4S. The van der Waals surface area contributed by atoms with Crippen molar-refractivity contribution in [1.82, 2.24) is 4.98 Å². The summed E-state index contributed by atoms with van der Waals surface area (Å²) in [6.45, 7) is 4.20. The van der Waals surface area contributed by atoms with E-state index in [1.807, 2.05) is 13.8 Å². The van der Waals surface area contributed by atoms with Crippen LogP contribution in [0.5, 0.6) is 0 Å². The summed E-state index contributed by atoms with van der Waals surface area (Å²) in [5, 5.41) is 12.9. The number of carbonyl (C=O) groups is 2. The summed E-state index contributed by atoms with van der Waals surface area (Å²) in [6.07, 6.45) is -0.728. The first-order valence-corrected chi connectivity index (χ1v) is 5.95. The standard InChI is InChI=1S/C10H14N2O4S/c1-6(2)4-16-10(15)12-9-11-7(5-17-9)3-8(13)14/h5-6H,3-4H2,1-2H3,(H,13,14)(H,11,12,15). The monoisotopic (exact) mass is 258 g/mol. The van der Waals surface area contributed by atoms with Gasteiger partial charge in [-0.1, -0.05) is 13.8 Å². The number of thiazole rings is 1. The van der Waals surface area contributed by atoms with Crippen molar-refractivity contribution in [3.8, 4) is 0 Å². The minimum atomic E-state index is -0.954. The number of aliphatic carboxylic acids is 1. The molecule has 0 spiro atoms. The number of anilines is 1. The lowest BCUT2D eigenvalue weighted by Gasteiger charge is -2.06. The normalized spacial score (nSPS) is 10.3. The fourth-order valence-electron chi connectivity index (χ4n) is 0.966. The van der Waals surface area contributed by atoms with Crippen molar-refractivity contribution in [3.63, 3.8) is 0 Å². The highest BCUT2D eigenvalue weighted by Gasteiger charge is 2.09. The van der Waals surface area contributed by atoms with E-state index in [1.165, 1.54) is 11.3 Å². The Hall–Kier alpha value is -1.63. The number of amides is 1. The first kappa shape index (κ1) is 13.4. The van der Waals surface area contributed by atoms with Crippen LogP contribution in [-0.2, 0) is 16.0 Å². The van der Waals surface area contributed by atoms with Gasteiger partial charge in [-0.15, -0.1) is 11.3 Å². The second kappa shape index (κ2) is 6.19. The van der Waals surface area contributed by atoms with Crippen molar-refractivity contribution in [1.29, 1.82) is 0 Å². The van der Waals surface area contributed by atoms with Gasteiger partial charge in [0, 0.05) is 5.38 Å². The maximum Gasteiger partial charge on any atom is 0.413 e. The summed E-state index contributed by atoms with van der Waals surface area (Å²) < 4.78 is 4.90. The number of hydrogen-bond donors (Lipinski definition) is 2. The van der Waals surface area contributed by atoms with E-state index in [9.17, 15) is 9.59 Å². The highest BCUT2D eigenvalue weighted by molar-refractivity contribution is 7.13. The van der Waals surface area contributed by atoms with Gasteiger partial charge in [-0.3, -0.25) is 10.1 Å². The highest BCUT2D eigenvalue weighted by Crippen LogP contribution is 2.16. The van der Waals surface area contributed by atoms with Crippen LogP contribution in [0.1, 0.15) is 19.5 Å². The van der Waals surface area contributed by atoms with Gasteiger partial charge in [0.2, 0.25) is 0 Å². The summed E-state index contributed by atoms with van der Waals surface area (Å²) in [7, 11) is 0. The molecule has 0 aliphatic rings. The van der Waals surface area contributed by atoms with Crippen molar-refractivity contribution in [3.05, 3.63) is 11.1 Å². The van der Waals surface area contributed by atoms with E-state index in [-0.39, 0.29) is 12.3 Å². The second-order valence-corrected chi connectivity index (χ2v) is 4.69. The van der Waals surface area contributed by atoms with E-state index < -0.39 is 12.1 Å². The predicted molar refractivity (Wildman–Crippen MR) is 63.3 cm³/mol. The molecule has 2 N–H and O–H groups in total. The molecule has 1 rings (SSSR count). The molecule has 0 aromatic carbocycles. The number of rotatable bonds is 5. The number of ether oxygens (including phenoxy) is 1. The average Bonchev–Trinajstić information content (AvgIpc) is 2.61. The molecule has 94 valence electrons. The highest BCUT2D eigenvalue weighted by atomic mass is 32.1. The van der Waals surface area contributed by atoms with Crippen LogP contribution in [0.3, 0.4) is 0 Å². The zero-order valence-electron chi connectivity index (χ0n) is 9.60. The molecule has 0 fully saturated rings. The van der Waals surface area contributed by atoms with Gasteiger partial charge in [0.15, 0.2) is 5.13 Å². The Morgan fingerprint density at radius 3 is 2.88 bits per heavy atom. The maximum absolute atomic E-state index is 11.3. The fraction of sp³-hybridized carbons (Fsp3) is 0.500. The number of carboxylic acid groups (broad SMARTS) is 1. The Morgan fingerprint density at radius 1 is 1.59 bits per heavy atom. The quantitative estimate of drug-likeness (QED) is 0.843. The second-order valence-electron chi connectivity index (χ2n) is 3.83. The van der Waals surface area contributed by atoms with Gasteiger partial charge < -0.3 is 9.84 Å². The van der Waals surface area contributed by atoms with Crippen LogP contribution in [-0.4, -0.2) is 28.8 Å². The molecule has 0 aliphatic heterocycles. The summed E-state index contributed by atoms with van der Waals surface area (Å²) in [5.74, 6) is -0.691. The zero-order chi connectivity index (χ0) is 12.8. The Morgan fingerprint density at radius 2 is 2.29 bits per heavy atom. The average molecular weight is 258 g/mol. The van der Waals surface area contributed by atoms with Gasteiger partial charge in [0.25, 0.3) is 0 Å². The van der Waals surface area contributed by atoms with E-state index in [0.29, 0.717) is 17.4 Å². The largest absolute Gasteiger partial charge is 0.481 e. The Labute approximate surface area is 103 Å². The smallest absolute Gasteiger partial charge is 0.413 e. The summed E-state index contributed by atoms with van der Waals surface area (Å²) in [5.41, 5.74) is 0.418. The Balaban J connectivity index is 2.43. The fourth-order valence-corrected chi connectivity index (χ4v) is 1.66. The van der Waals surface area contributed by atoms with Crippen molar-refractivity contribution in [2.24, 2.45) is 5.92 Å². The lowest BCUT2D eigenvalue weighted by molar-refractivity contribution is -0.136. The van der Waals surface area contributed by atoms with Crippen LogP contribution in [0.15, 0.2) is 5.38 Å². The molecular weight excluding hydrogens is 244 g/mol. The van der Waals surface area contributed by atoms with Gasteiger partial charge in [0.1, 0.15) is 0 Å². The SMILES string of the molecule is CC(C)COC(=O)Nc1nc(CC(=O)O)cs1. The molecule has 0 saturated carbocycles. The molecule has 0 radical (unpaired) electrons. The van der Waals surface area contributed by atoms with Crippen LogP contribution in [0.25, 0.3) is 0 Å². The summed E-state index contributed by atoms with van der Waals surface area (Å²) in [6, 6.07) is 0. The van der Waals surface area contributed by atoms with Crippen LogP contribution in [0.4, 0.5) is 9.93 Å². The third-order valence-electron chi connectivity index (χ3n) is 1.64. The number of carboxylic acids is 1. The molecule has 0 bridgehead atoms. The number of nitrogens with one attached hydrogen (secondary N) is 1.